The molecule has 7 aromatic rings. The number of nitrogens with zero attached hydrogens (tertiary/aromatic N) is 5. The molecule has 0 aliphatic rings. The molecule has 7 rings (SSSR count). The second-order valence-corrected chi connectivity index (χ2v) is 8.99. The van der Waals surface area contributed by atoms with E-state index in [0.29, 0.717) is 33.9 Å². The van der Waals surface area contributed by atoms with Crippen LogP contribution < -0.4 is 5.32 Å². The van der Waals surface area contributed by atoms with Gasteiger partial charge in [0, 0.05) is 23.5 Å². The van der Waals surface area contributed by atoms with Gasteiger partial charge in [-0.1, -0.05) is 30.3 Å². The molecule has 0 saturated carbocycles. The molecular formula is C29H20N8O2. The number of anilines is 1. The molecule has 3 N–H and O–H groups in total. The number of rotatable bonds is 6. The number of carbonyl (C=O) groups excluding carboxylic acids is 1. The third-order valence-corrected chi connectivity index (χ3v) is 6.35. The molecule has 1 amide bonds. The summed E-state index contributed by atoms with van der Waals surface area (Å²) in [4.78, 5) is 34.4. The molecule has 0 radical (unpaired) electrons. The van der Waals surface area contributed by atoms with Gasteiger partial charge in [-0.15, -0.1) is 0 Å². The molecule has 6 heterocycles. The fourth-order valence-electron chi connectivity index (χ4n) is 4.52. The molecule has 188 valence electrons. The van der Waals surface area contributed by atoms with Crippen LogP contribution in [0.25, 0.3) is 56.1 Å². The standard InChI is InChI=1S/C29H20N8O2/c38-24(12-17-4-2-1-3-5-17)32-20-13-19(14-30-15-20)21-6-7-23-27(33-21)28(37-36-23)29-34-22-8-10-31-25(26(22)35-29)18-9-11-39-16-18/h1-11,13-16H,12H2,(H,32,38)(H,34,35)(H,36,37). The van der Waals surface area contributed by atoms with Gasteiger partial charge in [0.15, 0.2) is 11.5 Å². The van der Waals surface area contributed by atoms with Crippen LogP contribution in [0.5, 0.6) is 0 Å². The van der Waals surface area contributed by atoms with Crippen LogP contribution >= 0.6 is 0 Å². The largest absolute Gasteiger partial charge is 0.472 e. The molecule has 0 saturated heterocycles. The summed E-state index contributed by atoms with van der Waals surface area (Å²) in [6.07, 6.45) is 8.58. The van der Waals surface area contributed by atoms with Crippen molar-refractivity contribution in [3.8, 4) is 34.0 Å². The normalized spacial score (nSPS) is 11.3. The predicted octanol–water partition coefficient (Wildman–Crippen LogP) is 5.40. The molecule has 1 aromatic carbocycles. The predicted molar refractivity (Wildman–Crippen MR) is 146 cm³/mol. The summed E-state index contributed by atoms with van der Waals surface area (Å²) in [6, 6.07) is 19.0. The lowest BCUT2D eigenvalue weighted by atomic mass is 10.1. The van der Waals surface area contributed by atoms with E-state index in [9.17, 15) is 4.79 Å². The Morgan fingerprint density at radius 1 is 0.897 bits per heavy atom. The highest BCUT2D eigenvalue weighted by Crippen LogP contribution is 2.31. The molecule has 10 heteroatoms. The lowest BCUT2D eigenvalue weighted by molar-refractivity contribution is -0.115. The van der Waals surface area contributed by atoms with Gasteiger partial charge in [-0.25, -0.2) is 9.97 Å². The van der Waals surface area contributed by atoms with Crippen LogP contribution in [0.1, 0.15) is 5.56 Å². The highest BCUT2D eigenvalue weighted by Gasteiger charge is 2.18. The minimum atomic E-state index is -0.116. The molecule has 39 heavy (non-hydrogen) atoms. The number of hydrogen-bond acceptors (Lipinski definition) is 7. The Balaban J connectivity index is 1.21. The van der Waals surface area contributed by atoms with E-state index in [4.69, 9.17) is 14.4 Å². The zero-order valence-corrected chi connectivity index (χ0v) is 20.4. The lowest BCUT2D eigenvalue weighted by Crippen LogP contribution is -2.14. The van der Waals surface area contributed by atoms with Crippen molar-refractivity contribution in [1.82, 2.24) is 35.1 Å². The Bertz CT molecular complexity index is 1940. The van der Waals surface area contributed by atoms with Gasteiger partial charge in [-0.2, -0.15) is 5.10 Å². The van der Waals surface area contributed by atoms with E-state index in [1.807, 2.05) is 60.7 Å². The highest BCUT2D eigenvalue weighted by atomic mass is 16.3. The number of furan rings is 1. The van der Waals surface area contributed by atoms with Crippen molar-refractivity contribution >= 4 is 33.7 Å². The number of pyridine rings is 3. The van der Waals surface area contributed by atoms with Crippen molar-refractivity contribution in [2.24, 2.45) is 0 Å². The average molecular weight is 513 g/mol. The molecule has 0 aliphatic carbocycles. The molecule has 0 fully saturated rings. The Labute approximate surface area is 221 Å². The second-order valence-electron chi connectivity index (χ2n) is 8.99. The van der Waals surface area contributed by atoms with Gasteiger partial charge in [0.1, 0.15) is 16.7 Å². The van der Waals surface area contributed by atoms with Crippen LogP contribution in [0.2, 0.25) is 0 Å². The summed E-state index contributed by atoms with van der Waals surface area (Å²) in [5.41, 5.74) is 8.09. The van der Waals surface area contributed by atoms with E-state index >= 15 is 0 Å². The minimum Gasteiger partial charge on any atom is -0.472 e. The van der Waals surface area contributed by atoms with Gasteiger partial charge in [-0.3, -0.25) is 19.9 Å². The topological polar surface area (TPSA) is 138 Å². The summed E-state index contributed by atoms with van der Waals surface area (Å²) in [5.74, 6) is 0.452. The number of hydrogen-bond donors (Lipinski definition) is 3. The van der Waals surface area contributed by atoms with Crippen molar-refractivity contribution < 1.29 is 9.21 Å². The molecule has 10 nitrogen and oxygen atoms in total. The zero-order valence-electron chi connectivity index (χ0n) is 20.4. The molecule has 0 spiro atoms. The Hall–Kier alpha value is -5.64. The van der Waals surface area contributed by atoms with Crippen molar-refractivity contribution in [2.45, 2.75) is 6.42 Å². The maximum absolute atomic E-state index is 12.6. The third kappa shape index (κ3) is 4.29. The smallest absolute Gasteiger partial charge is 0.228 e. The van der Waals surface area contributed by atoms with Crippen LogP contribution in [0.15, 0.2) is 96.2 Å². The zero-order chi connectivity index (χ0) is 26.2. The van der Waals surface area contributed by atoms with E-state index in [1.54, 1.807) is 31.1 Å². The van der Waals surface area contributed by atoms with Crippen molar-refractivity contribution in [3.63, 3.8) is 0 Å². The van der Waals surface area contributed by atoms with E-state index in [2.05, 4.69) is 30.5 Å². The molecule has 0 unspecified atom stereocenters. The quantitative estimate of drug-likeness (QED) is 0.271. The van der Waals surface area contributed by atoms with Gasteiger partial charge in [-0.05, 0) is 35.9 Å². The Morgan fingerprint density at radius 2 is 1.79 bits per heavy atom. The molecule has 0 bridgehead atoms. The van der Waals surface area contributed by atoms with Gasteiger partial charge < -0.3 is 14.7 Å². The molecule has 6 aromatic heterocycles. The third-order valence-electron chi connectivity index (χ3n) is 6.35. The Morgan fingerprint density at radius 3 is 2.67 bits per heavy atom. The summed E-state index contributed by atoms with van der Waals surface area (Å²) in [5, 5.41) is 10.5. The fraction of sp³-hybridized carbons (Fsp3) is 0.0345. The number of aromatic amines is 2. The maximum Gasteiger partial charge on any atom is 0.228 e. The number of amides is 1. The first-order chi connectivity index (χ1) is 19.2. The maximum atomic E-state index is 12.6. The number of carbonyl (C=O) groups is 1. The Kier molecular flexibility index (Phi) is 5.40. The van der Waals surface area contributed by atoms with E-state index < -0.39 is 0 Å². The van der Waals surface area contributed by atoms with Gasteiger partial charge >= 0.3 is 0 Å². The number of nitrogens with one attached hydrogen (secondary N) is 3. The summed E-state index contributed by atoms with van der Waals surface area (Å²) in [7, 11) is 0. The SMILES string of the molecule is O=C(Cc1ccccc1)Nc1cncc(-c2ccc3[nH]nc(-c4nc5c(-c6ccoc6)nccc5[nH]4)c3n2)c1. The first-order valence-corrected chi connectivity index (χ1v) is 12.2. The summed E-state index contributed by atoms with van der Waals surface area (Å²) < 4.78 is 5.23. The van der Waals surface area contributed by atoms with Crippen molar-refractivity contribution in [3.05, 3.63) is 97.3 Å². The number of imidazole rings is 1. The van der Waals surface area contributed by atoms with E-state index in [1.165, 1.54) is 0 Å². The molecule has 0 aliphatic heterocycles. The number of H-pyrrole nitrogens is 2. The van der Waals surface area contributed by atoms with E-state index in [-0.39, 0.29) is 12.3 Å². The number of benzene rings is 1. The van der Waals surface area contributed by atoms with Gasteiger partial charge in [0.25, 0.3) is 0 Å². The van der Waals surface area contributed by atoms with Crippen LogP contribution in [0, 0.1) is 0 Å². The monoisotopic (exact) mass is 512 g/mol. The average Bonchev–Trinajstić information content (AvgIpc) is 3.73. The van der Waals surface area contributed by atoms with Crippen LogP contribution in [-0.2, 0) is 11.2 Å². The highest BCUT2D eigenvalue weighted by molar-refractivity contribution is 5.95. The van der Waals surface area contributed by atoms with Gasteiger partial charge in [0.2, 0.25) is 5.91 Å². The lowest BCUT2D eigenvalue weighted by Gasteiger charge is -2.07. The van der Waals surface area contributed by atoms with E-state index in [0.717, 1.165) is 33.4 Å². The first-order valence-electron chi connectivity index (χ1n) is 12.2. The van der Waals surface area contributed by atoms with Crippen molar-refractivity contribution in [2.75, 3.05) is 5.32 Å². The van der Waals surface area contributed by atoms with Crippen LogP contribution in [0.4, 0.5) is 5.69 Å². The van der Waals surface area contributed by atoms with Crippen LogP contribution in [0.3, 0.4) is 0 Å². The second kappa shape index (κ2) is 9.34. The summed E-state index contributed by atoms with van der Waals surface area (Å²) >= 11 is 0. The molecule has 0 atom stereocenters. The number of aromatic nitrogens is 7. The van der Waals surface area contributed by atoms with Crippen LogP contribution in [-0.4, -0.2) is 41.0 Å². The van der Waals surface area contributed by atoms with Crippen molar-refractivity contribution in [1.29, 1.82) is 0 Å². The minimum absolute atomic E-state index is 0.116. The summed E-state index contributed by atoms with van der Waals surface area (Å²) in [6.45, 7) is 0. The molecular weight excluding hydrogens is 492 g/mol. The number of fused-ring (bicyclic) bond motifs is 2. The van der Waals surface area contributed by atoms with Gasteiger partial charge in [0.05, 0.1) is 47.6 Å². The fourth-order valence-corrected chi connectivity index (χ4v) is 4.52. The first kappa shape index (κ1) is 22.5.